The number of amides is 1. The first-order valence-electron chi connectivity index (χ1n) is 5.98. The molecule has 0 radical (unpaired) electrons. The SMILES string of the molecule is C#CC(C)(C)NC(=O)c1ccc(Cl)nc1NC(C)C. The van der Waals surface area contributed by atoms with Crippen LogP contribution < -0.4 is 10.6 Å². The minimum absolute atomic E-state index is 0.137. The smallest absolute Gasteiger partial charge is 0.256 e. The molecule has 0 saturated carbocycles. The zero-order chi connectivity index (χ0) is 14.6. The highest BCUT2D eigenvalue weighted by Gasteiger charge is 2.21. The van der Waals surface area contributed by atoms with E-state index in [2.05, 4.69) is 21.5 Å². The highest BCUT2D eigenvalue weighted by atomic mass is 35.5. The van der Waals surface area contributed by atoms with Gasteiger partial charge >= 0.3 is 0 Å². The van der Waals surface area contributed by atoms with E-state index >= 15 is 0 Å². The van der Waals surface area contributed by atoms with Crippen molar-refractivity contribution in [1.82, 2.24) is 10.3 Å². The van der Waals surface area contributed by atoms with Crippen molar-refractivity contribution in [2.45, 2.75) is 39.3 Å². The number of carbonyl (C=O) groups is 1. The standard InChI is InChI=1S/C14H18ClN3O/c1-6-14(4,5)18-13(19)10-7-8-11(15)17-12(10)16-9(2)3/h1,7-9H,2-5H3,(H,16,17)(H,18,19). The number of terminal acetylenes is 1. The van der Waals surface area contributed by atoms with E-state index in [9.17, 15) is 4.79 Å². The Bertz CT molecular complexity index is 518. The van der Waals surface area contributed by atoms with Crippen LogP contribution in [0.4, 0.5) is 5.82 Å². The van der Waals surface area contributed by atoms with Crippen molar-refractivity contribution in [3.8, 4) is 12.3 Å². The average molecular weight is 280 g/mol. The van der Waals surface area contributed by atoms with E-state index in [1.165, 1.54) is 0 Å². The lowest BCUT2D eigenvalue weighted by atomic mass is 10.1. The van der Waals surface area contributed by atoms with Crippen molar-refractivity contribution >= 4 is 23.3 Å². The molecule has 4 nitrogen and oxygen atoms in total. The van der Waals surface area contributed by atoms with Gasteiger partial charge in [-0.25, -0.2) is 4.98 Å². The van der Waals surface area contributed by atoms with E-state index in [1.807, 2.05) is 13.8 Å². The summed E-state index contributed by atoms with van der Waals surface area (Å²) in [6, 6.07) is 3.34. The van der Waals surface area contributed by atoms with Gasteiger partial charge in [-0.05, 0) is 39.8 Å². The van der Waals surface area contributed by atoms with Gasteiger partial charge in [0.05, 0.1) is 11.1 Å². The van der Waals surface area contributed by atoms with E-state index < -0.39 is 5.54 Å². The second-order valence-corrected chi connectivity index (χ2v) is 5.44. The number of anilines is 1. The van der Waals surface area contributed by atoms with Gasteiger partial charge in [0.15, 0.2) is 0 Å². The molecule has 0 spiro atoms. The molecule has 0 aliphatic heterocycles. The van der Waals surface area contributed by atoms with E-state index in [-0.39, 0.29) is 11.9 Å². The number of rotatable bonds is 4. The molecular weight excluding hydrogens is 262 g/mol. The van der Waals surface area contributed by atoms with E-state index in [1.54, 1.807) is 26.0 Å². The highest BCUT2D eigenvalue weighted by molar-refractivity contribution is 6.29. The maximum absolute atomic E-state index is 12.2. The number of hydrogen-bond acceptors (Lipinski definition) is 3. The summed E-state index contributed by atoms with van der Waals surface area (Å²) in [5, 5.41) is 6.18. The molecule has 1 heterocycles. The molecule has 0 atom stereocenters. The van der Waals surface area contributed by atoms with Gasteiger partial charge in [0.1, 0.15) is 11.0 Å². The third-order valence-corrected chi connectivity index (χ3v) is 2.53. The molecule has 0 saturated heterocycles. The summed E-state index contributed by atoms with van der Waals surface area (Å²) < 4.78 is 0. The molecule has 0 aromatic carbocycles. The Balaban J connectivity index is 3.06. The lowest BCUT2D eigenvalue weighted by Gasteiger charge is -2.21. The summed E-state index contributed by atoms with van der Waals surface area (Å²) in [5.41, 5.74) is -0.298. The molecule has 1 rings (SSSR count). The second-order valence-electron chi connectivity index (χ2n) is 5.05. The predicted octanol–water partition coefficient (Wildman–Crippen LogP) is 2.70. The first-order chi connectivity index (χ1) is 8.75. The Hall–Kier alpha value is -1.73. The minimum atomic E-state index is -0.716. The predicted molar refractivity (Wildman–Crippen MR) is 78.4 cm³/mol. The van der Waals surface area contributed by atoms with Crippen LogP contribution in [0.3, 0.4) is 0 Å². The molecule has 102 valence electrons. The molecule has 2 N–H and O–H groups in total. The van der Waals surface area contributed by atoms with Crippen molar-refractivity contribution in [2.75, 3.05) is 5.32 Å². The third-order valence-electron chi connectivity index (χ3n) is 2.32. The topological polar surface area (TPSA) is 54.0 Å². The van der Waals surface area contributed by atoms with Crippen molar-refractivity contribution in [2.24, 2.45) is 0 Å². The summed E-state index contributed by atoms with van der Waals surface area (Å²) in [5.74, 6) is 2.68. The van der Waals surface area contributed by atoms with Crippen LogP contribution >= 0.6 is 11.6 Å². The Morgan fingerprint density at radius 1 is 1.47 bits per heavy atom. The van der Waals surface area contributed by atoms with Gasteiger partial charge < -0.3 is 10.6 Å². The average Bonchev–Trinajstić information content (AvgIpc) is 2.27. The van der Waals surface area contributed by atoms with Gasteiger partial charge in [-0.1, -0.05) is 17.5 Å². The first-order valence-corrected chi connectivity index (χ1v) is 6.36. The number of hydrogen-bond donors (Lipinski definition) is 2. The van der Waals surface area contributed by atoms with Crippen molar-refractivity contribution < 1.29 is 4.79 Å². The molecule has 0 aliphatic rings. The number of aromatic nitrogens is 1. The molecule has 0 bridgehead atoms. The number of nitrogens with one attached hydrogen (secondary N) is 2. The summed E-state index contributed by atoms with van der Waals surface area (Å²) in [6.45, 7) is 7.42. The zero-order valence-electron chi connectivity index (χ0n) is 11.5. The van der Waals surface area contributed by atoms with Crippen LogP contribution in [0.25, 0.3) is 0 Å². The van der Waals surface area contributed by atoms with Gasteiger partial charge in [0, 0.05) is 6.04 Å². The first kappa shape index (κ1) is 15.3. The van der Waals surface area contributed by atoms with Gasteiger partial charge in [-0.2, -0.15) is 0 Å². The third kappa shape index (κ3) is 4.46. The summed E-state index contributed by atoms with van der Waals surface area (Å²) in [6.07, 6.45) is 5.36. The Labute approximate surface area is 118 Å². The van der Waals surface area contributed by atoms with Crippen LogP contribution in [0.5, 0.6) is 0 Å². The summed E-state index contributed by atoms with van der Waals surface area (Å²) in [7, 11) is 0. The monoisotopic (exact) mass is 279 g/mol. The van der Waals surface area contributed by atoms with Crippen molar-refractivity contribution in [1.29, 1.82) is 0 Å². The Morgan fingerprint density at radius 3 is 2.63 bits per heavy atom. The lowest BCUT2D eigenvalue weighted by molar-refractivity contribution is 0.0930. The van der Waals surface area contributed by atoms with Crippen LogP contribution in [0.1, 0.15) is 38.1 Å². The summed E-state index contributed by atoms with van der Waals surface area (Å²) in [4.78, 5) is 16.3. The molecule has 0 unspecified atom stereocenters. The van der Waals surface area contributed by atoms with Crippen LogP contribution in [-0.2, 0) is 0 Å². The summed E-state index contributed by atoms with van der Waals surface area (Å²) >= 11 is 5.85. The van der Waals surface area contributed by atoms with Crippen molar-refractivity contribution in [3.63, 3.8) is 0 Å². The van der Waals surface area contributed by atoms with Gasteiger partial charge in [0.25, 0.3) is 5.91 Å². The number of nitrogens with zero attached hydrogens (tertiary/aromatic N) is 1. The molecule has 1 amide bonds. The van der Waals surface area contributed by atoms with E-state index in [0.717, 1.165) is 0 Å². The van der Waals surface area contributed by atoms with E-state index in [0.29, 0.717) is 16.5 Å². The quantitative estimate of drug-likeness (QED) is 0.658. The largest absolute Gasteiger partial charge is 0.367 e. The lowest BCUT2D eigenvalue weighted by Crippen LogP contribution is -2.42. The minimum Gasteiger partial charge on any atom is -0.367 e. The van der Waals surface area contributed by atoms with Crippen LogP contribution in [0.2, 0.25) is 5.15 Å². The molecule has 0 aliphatic carbocycles. The molecule has 0 fully saturated rings. The van der Waals surface area contributed by atoms with Gasteiger partial charge in [-0.15, -0.1) is 6.42 Å². The molecule has 1 aromatic heterocycles. The Morgan fingerprint density at radius 2 is 2.11 bits per heavy atom. The maximum atomic E-state index is 12.2. The van der Waals surface area contributed by atoms with Crippen molar-refractivity contribution in [3.05, 3.63) is 22.8 Å². The highest BCUT2D eigenvalue weighted by Crippen LogP contribution is 2.18. The maximum Gasteiger partial charge on any atom is 0.256 e. The van der Waals surface area contributed by atoms with Gasteiger partial charge in [0.2, 0.25) is 0 Å². The van der Waals surface area contributed by atoms with Gasteiger partial charge in [-0.3, -0.25) is 4.79 Å². The second kappa shape index (κ2) is 5.94. The molecular formula is C14H18ClN3O. The number of pyridine rings is 1. The number of halogens is 1. The molecule has 5 heteroatoms. The molecule has 19 heavy (non-hydrogen) atoms. The fourth-order valence-electron chi connectivity index (χ4n) is 1.39. The van der Waals surface area contributed by atoms with Crippen LogP contribution in [-0.4, -0.2) is 22.5 Å². The normalized spacial score (nSPS) is 11.0. The molecule has 1 aromatic rings. The zero-order valence-corrected chi connectivity index (χ0v) is 12.3. The van der Waals surface area contributed by atoms with E-state index in [4.69, 9.17) is 18.0 Å². The number of carbonyl (C=O) groups excluding carboxylic acids is 1. The Kier molecular flexibility index (Phi) is 4.79. The van der Waals surface area contributed by atoms with Crippen LogP contribution in [0, 0.1) is 12.3 Å². The fourth-order valence-corrected chi connectivity index (χ4v) is 1.54. The van der Waals surface area contributed by atoms with Crippen LogP contribution in [0.15, 0.2) is 12.1 Å². The fraction of sp³-hybridized carbons (Fsp3) is 0.429.